The lowest BCUT2D eigenvalue weighted by Gasteiger charge is -2.15. The van der Waals surface area contributed by atoms with Crippen molar-refractivity contribution in [1.82, 2.24) is 4.98 Å². The number of methoxy groups -OCH3 is 4. The molecule has 1 heterocycles. The molecule has 0 bridgehead atoms. The maximum Gasteiger partial charge on any atom is 0.328 e. The minimum Gasteiger partial charge on any atom is -0.494 e. The molecular weight excluding hydrogens is 350 g/mol. The maximum atomic E-state index is 10.8. The lowest BCUT2D eigenvalue weighted by molar-refractivity contribution is -0.131. The molecule has 0 saturated heterocycles. The van der Waals surface area contributed by atoms with E-state index in [9.17, 15) is 4.79 Å². The van der Waals surface area contributed by atoms with Gasteiger partial charge in [-0.2, -0.15) is 0 Å². The van der Waals surface area contributed by atoms with E-state index in [1.54, 1.807) is 24.3 Å². The summed E-state index contributed by atoms with van der Waals surface area (Å²) in [6.07, 6.45) is 2.37. The van der Waals surface area contributed by atoms with E-state index in [1.165, 1.54) is 34.5 Å². The zero-order chi connectivity index (χ0) is 20.0. The Bertz CT molecular complexity index is 863. The molecule has 7 heteroatoms. The highest BCUT2D eigenvalue weighted by Gasteiger charge is 2.16. The molecule has 7 nitrogen and oxygen atoms in total. The van der Waals surface area contributed by atoms with E-state index in [1.807, 2.05) is 0 Å². The Morgan fingerprint density at radius 1 is 1.00 bits per heavy atom. The first-order valence-corrected chi connectivity index (χ1v) is 7.90. The fourth-order valence-corrected chi connectivity index (χ4v) is 2.48. The second-order valence-corrected chi connectivity index (χ2v) is 5.35. The van der Waals surface area contributed by atoms with Gasteiger partial charge in [0.2, 0.25) is 5.75 Å². The molecule has 2 rings (SSSR count). The van der Waals surface area contributed by atoms with Crippen LogP contribution in [0.3, 0.4) is 0 Å². The summed E-state index contributed by atoms with van der Waals surface area (Å²) in [5.74, 6) is 0.839. The number of carbonyl (C=O) groups is 1. The number of hydrogen-bond donors (Lipinski definition) is 1. The van der Waals surface area contributed by atoms with E-state index in [4.69, 9.17) is 24.1 Å². The number of hydrogen-bond acceptors (Lipinski definition) is 6. The van der Waals surface area contributed by atoms with Crippen LogP contribution < -0.4 is 18.9 Å². The predicted molar refractivity (Wildman–Crippen MR) is 102 cm³/mol. The lowest BCUT2D eigenvalue weighted by atomic mass is 10.0. The molecule has 0 radical (unpaired) electrons. The minimum absolute atomic E-state index is 0.381. The van der Waals surface area contributed by atoms with Gasteiger partial charge in [-0.15, -0.1) is 0 Å². The average molecular weight is 371 g/mol. The van der Waals surface area contributed by atoms with Crippen LogP contribution >= 0.6 is 0 Å². The van der Waals surface area contributed by atoms with Gasteiger partial charge in [-0.3, -0.25) is 0 Å². The topological polar surface area (TPSA) is 87.1 Å². The summed E-state index contributed by atoms with van der Waals surface area (Å²) in [6.45, 7) is 4.10. The summed E-state index contributed by atoms with van der Waals surface area (Å²) >= 11 is 0. The zero-order valence-corrected chi connectivity index (χ0v) is 15.6. The molecule has 1 N–H and O–H groups in total. The van der Waals surface area contributed by atoms with Crippen LogP contribution in [0.15, 0.2) is 36.9 Å². The molecular formula is C20H21NO6. The third-order valence-corrected chi connectivity index (χ3v) is 3.81. The highest BCUT2D eigenvalue weighted by atomic mass is 16.5. The standard InChI is InChI=1S/C20H21NO6/c1-12(13-10-17(25-3)20(27-5)18(11-13)26-4)14-6-8-16(24-2)15(21-14)7-9-19(22)23/h6-11H,1H2,2-5H3,(H,22,23)/b9-7+. The van der Waals surface area contributed by atoms with Crippen molar-refractivity contribution in [2.75, 3.05) is 28.4 Å². The Morgan fingerprint density at radius 3 is 2.07 bits per heavy atom. The second-order valence-electron chi connectivity index (χ2n) is 5.35. The highest BCUT2D eigenvalue weighted by Crippen LogP contribution is 2.40. The van der Waals surface area contributed by atoms with Crippen LogP contribution in [0.25, 0.3) is 11.6 Å². The number of pyridine rings is 1. The van der Waals surface area contributed by atoms with E-state index in [-0.39, 0.29) is 0 Å². The Balaban J connectivity index is 2.51. The molecule has 0 aliphatic carbocycles. The van der Waals surface area contributed by atoms with Crippen molar-refractivity contribution in [1.29, 1.82) is 0 Å². The molecule has 2 aromatic rings. The highest BCUT2D eigenvalue weighted by molar-refractivity contribution is 5.86. The van der Waals surface area contributed by atoms with E-state index in [0.29, 0.717) is 40.0 Å². The summed E-state index contributed by atoms with van der Waals surface area (Å²) in [4.78, 5) is 15.3. The van der Waals surface area contributed by atoms with Gasteiger partial charge >= 0.3 is 5.97 Å². The molecule has 0 aliphatic heterocycles. The number of carboxylic acid groups (broad SMARTS) is 1. The lowest BCUT2D eigenvalue weighted by Crippen LogP contribution is -1.99. The minimum atomic E-state index is -1.08. The van der Waals surface area contributed by atoms with Crippen molar-refractivity contribution >= 4 is 17.6 Å². The van der Waals surface area contributed by atoms with Crippen molar-refractivity contribution < 1.29 is 28.8 Å². The number of benzene rings is 1. The normalized spacial score (nSPS) is 10.5. The third-order valence-electron chi connectivity index (χ3n) is 3.81. The van der Waals surface area contributed by atoms with Gasteiger partial charge in [0.1, 0.15) is 11.4 Å². The predicted octanol–water partition coefficient (Wildman–Crippen LogP) is 3.28. The number of carboxylic acids is 1. The molecule has 0 fully saturated rings. The van der Waals surface area contributed by atoms with Crippen molar-refractivity contribution in [3.8, 4) is 23.0 Å². The van der Waals surface area contributed by atoms with Crippen LogP contribution in [0.1, 0.15) is 17.0 Å². The van der Waals surface area contributed by atoms with E-state index in [2.05, 4.69) is 11.6 Å². The van der Waals surface area contributed by atoms with E-state index < -0.39 is 5.97 Å². The van der Waals surface area contributed by atoms with Crippen LogP contribution in [0.5, 0.6) is 23.0 Å². The maximum absolute atomic E-state index is 10.8. The fourth-order valence-electron chi connectivity index (χ4n) is 2.48. The molecule has 0 aliphatic rings. The molecule has 1 aromatic carbocycles. The summed E-state index contributed by atoms with van der Waals surface area (Å²) in [6, 6.07) is 6.97. The quantitative estimate of drug-likeness (QED) is 0.713. The van der Waals surface area contributed by atoms with Gasteiger partial charge in [-0.1, -0.05) is 6.58 Å². The summed E-state index contributed by atoms with van der Waals surface area (Å²) in [5, 5.41) is 8.85. The summed E-state index contributed by atoms with van der Waals surface area (Å²) < 4.78 is 21.3. The molecule has 0 amide bonds. The fraction of sp³-hybridized carbons (Fsp3) is 0.200. The molecule has 0 atom stereocenters. The Kier molecular flexibility index (Phi) is 6.43. The summed E-state index contributed by atoms with van der Waals surface area (Å²) in [7, 11) is 6.08. The van der Waals surface area contributed by atoms with Crippen LogP contribution in [0.2, 0.25) is 0 Å². The Morgan fingerprint density at radius 2 is 1.59 bits per heavy atom. The molecule has 0 spiro atoms. The van der Waals surface area contributed by atoms with Crippen molar-refractivity contribution in [2.24, 2.45) is 0 Å². The van der Waals surface area contributed by atoms with E-state index in [0.717, 1.165) is 11.6 Å². The molecule has 142 valence electrons. The Labute approximate surface area is 157 Å². The van der Waals surface area contributed by atoms with Gasteiger partial charge in [0.15, 0.2) is 11.5 Å². The average Bonchev–Trinajstić information content (AvgIpc) is 2.69. The van der Waals surface area contributed by atoms with Gasteiger partial charge in [-0.05, 0) is 35.9 Å². The smallest absolute Gasteiger partial charge is 0.328 e. The van der Waals surface area contributed by atoms with Crippen LogP contribution in [0.4, 0.5) is 0 Å². The third kappa shape index (κ3) is 4.38. The number of aliphatic carboxylic acids is 1. The first-order valence-electron chi connectivity index (χ1n) is 7.90. The van der Waals surface area contributed by atoms with Gasteiger partial charge in [-0.25, -0.2) is 9.78 Å². The van der Waals surface area contributed by atoms with Gasteiger partial charge in [0, 0.05) is 11.6 Å². The molecule has 0 saturated carbocycles. The van der Waals surface area contributed by atoms with Crippen LogP contribution in [0, 0.1) is 0 Å². The number of rotatable bonds is 8. The van der Waals surface area contributed by atoms with Crippen molar-refractivity contribution in [3.63, 3.8) is 0 Å². The SMILES string of the molecule is C=C(c1cc(OC)c(OC)c(OC)c1)c1ccc(OC)c(/C=C/C(=O)O)n1. The van der Waals surface area contributed by atoms with Gasteiger partial charge in [0.25, 0.3) is 0 Å². The summed E-state index contributed by atoms with van der Waals surface area (Å²) in [5.41, 5.74) is 2.25. The Hall–Kier alpha value is -3.48. The number of aromatic nitrogens is 1. The zero-order valence-electron chi connectivity index (χ0n) is 15.6. The molecule has 0 unspecified atom stereocenters. The number of nitrogens with zero attached hydrogens (tertiary/aromatic N) is 1. The van der Waals surface area contributed by atoms with Crippen molar-refractivity contribution in [3.05, 3.63) is 53.9 Å². The molecule has 1 aromatic heterocycles. The van der Waals surface area contributed by atoms with Gasteiger partial charge < -0.3 is 24.1 Å². The largest absolute Gasteiger partial charge is 0.494 e. The van der Waals surface area contributed by atoms with Crippen LogP contribution in [-0.2, 0) is 4.79 Å². The first-order chi connectivity index (χ1) is 12.9. The van der Waals surface area contributed by atoms with Crippen molar-refractivity contribution in [2.45, 2.75) is 0 Å². The second kappa shape index (κ2) is 8.75. The first kappa shape index (κ1) is 19.8. The monoisotopic (exact) mass is 371 g/mol. The van der Waals surface area contributed by atoms with Gasteiger partial charge in [0.05, 0.1) is 34.1 Å². The number of ether oxygens (including phenoxy) is 4. The van der Waals surface area contributed by atoms with E-state index >= 15 is 0 Å². The molecule has 27 heavy (non-hydrogen) atoms. The van der Waals surface area contributed by atoms with Crippen LogP contribution in [-0.4, -0.2) is 44.5 Å².